The van der Waals surface area contributed by atoms with Crippen LogP contribution in [-0.4, -0.2) is 23.0 Å². The van der Waals surface area contributed by atoms with Crippen LogP contribution in [0.5, 0.6) is 0 Å². The topological polar surface area (TPSA) is 16.1 Å². The Morgan fingerprint density at radius 1 is 1.44 bits per heavy atom. The van der Waals surface area contributed by atoms with Gasteiger partial charge in [-0.2, -0.15) is 12.6 Å². The second kappa shape index (κ2) is 5.52. The van der Waals surface area contributed by atoms with Gasteiger partial charge in [0.1, 0.15) is 5.01 Å². The number of piperidine rings is 1. The highest BCUT2D eigenvalue weighted by Crippen LogP contribution is 2.23. The molecule has 0 aliphatic carbocycles. The molecule has 0 N–H and O–H groups in total. The van der Waals surface area contributed by atoms with Crippen molar-refractivity contribution in [2.24, 2.45) is 5.92 Å². The number of thiol groups is 1. The Kier molecular flexibility index (Phi) is 4.27. The molecule has 0 radical (unpaired) electrons. The molecular weight excluding hydrogens is 236 g/mol. The minimum atomic E-state index is 0.820. The lowest BCUT2D eigenvalue weighted by atomic mass is 9.99. The summed E-state index contributed by atoms with van der Waals surface area (Å²) in [5.74, 6) is 1.72. The van der Waals surface area contributed by atoms with Gasteiger partial charge in [-0.3, -0.25) is 4.90 Å². The smallest absolute Gasteiger partial charge is 0.107 e. The van der Waals surface area contributed by atoms with Gasteiger partial charge in [0.05, 0.1) is 12.2 Å². The van der Waals surface area contributed by atoms with Crippen LogP contribution in [0.2, 0.25) is 0 Å². The van der Waals surface area contributed by atoms with E-state index in [0.717, 1.165) is 18.2 Å². The normalized spacial score (nSPS) is 19.2. The molecule has 1 saturated heterocycles. The summed E-state index contributed by atoms with van der Waals surface area (Å²) in [4.78, 5) is 8.47. The van der Waals surface area contributed by atoms with Crippen molar-refractivity contribution in [3.8, 4) is 0 Å². The molecule has 0 amide bonds. The van der Waals surface area contributed by atoms with Crippen molar-refractivity contribution in [1.29, 1.82) is 0 Å². The quantitative estimate of drug-likeness (QED) is 0.837. The molecule has 0 saturated carbocycles. The van der Waals surface area contributed by atoms with E-state index in [1.54, 1.807) is 0 Å². The number of likely N-dealkylation sites (tertiary alicyclic amines) is 1. The molecule has 0 spiro atoms. The van der Waals surface area contributed by atoms with Gasteiger partial charge in [-0.05, 0) is 38.8 Å². The van der Waals surface area contributed by atoms with Gasteiger partial charge in [0, 0.05) is 10.6 Å². The molecule has 16 heavy (non-hydrogen) atoms. The molecule has 1 aromatic heterocycles. The average molecular weight is 256 g/mol. The Hall–Kier alpha value is -0.0600. The molecule has 0 unspecified atom stereocenters. The third kappa shape index (κ3) is 2.99. The zero-order chi connectivity index (χ0) is 11.5. The second-order valence-electron chi connectivity index (χ2n) is 4.73. The van der Waals surface area contributed by atoms with Crippen LogP contribution < -0.4 is 0 Å². The van der Waals surface area contributed by atoms with E-state index >= 15 is 0 Å². The van der Waals surface area contributed by atoms with Crippen molar-refractivity contribution in [2.45, 2.75) is 39.0 Å². The van der Waals surface area contributed by atoms with Crippen LogP contribution in [0.4, 0.5) is 0 Å². The number of nitrogens with zero attached hydrogens (tertiary/aromatic N) is 2. The molecule has 0 atom stereocenters. The fourth-order valence-corrected chi connectivity index (χ4v) is 3.51. The lowest BCUT2D eigenvalue weighted by Crippen LogP contribution is -2.32. The first-order chi connectivity index (χ1) is 7.69. The highest BCUT2D eigenvalue weighted by Gasteiger charge is 2.17. The van der Waals surface area contributed by atoms with Crippen LogP contribution in [0, 0.1) is 12.8 Å². The van der Waals surface area contributed by atoms with E-state index in [9.17, 15) is 0 Å². The van der Waals surface area contributed by atoms with Crippen LogP contribution in [0.15, 0.2) is 0 Å². The van der Waals surface area contributed by atoms with Gasteiger partial charge >= 0.3 is 0 Å². The van der Waals surface area contributed by atoms with Gasteiger partial charge in [-0.15, -0.1) is 11.3 Å². The summed E-state index contributed by atoms with van der Waals surface area (Å²) in [7, 11) is 0. The Morgan fingerprint density at radius 2 is 2.12 bits per heavy atom. The van der Waals surface area contributed by atoms with Crippen LogP contribution in [0.3, 0.4) is 0 Å². The summed E-state index contributed by atoms with van der Waals surface area (Å²) >= 11 is 6.15. The van der Waals surface area contributed by atoms with Crippen LogP contribution >= 0.6 is 24.0 Å². The SMILES string of the molecule is Cc1nc(CN2CCC(C)CC2)sc1CS. The largest absolute Gasteiger partial charge is 0.297 e. The Labute approximate surface area is 107 Å². The van der Waals surface area contributed by atoms with Crippen LogP contribution in [-0.2, 0) is 12.3 Å². The second-order valence-corrected chi connectivity index (χ2v) is 6.22. The number of aryl methyl sites for hydroxylation is 1. The molecule has 1 fully saturated rings. The van der Waals surface area contributed by atoms with Gasteiger partial charge in [0.2, 0.25) is 0 Å². The van der Waals surface area contributed by atoms with Crippen LogP contribution in [0.1, 0.15) is 35.3 Å². The lowest BCUT2D eigenvalue weighted by molar-refractivity contribution is 0.185. The van der Waals surface area contributed by atoms with E-state index in [4.69, 9.17) is 0 Å². The standard InChI is InChI=1S/C12H20N2S2/c1-9-3-5-14(6-4-9)7-12-13-10(2)11(8-15)16-12/h9,15H,3-8H2,1-2H3. The molecule has 90 valence electrons. The van der Waals surface area contributed by atoms with Crippen LogP contribution in [0.25, 0.3) is 0 Å². The summed E-state index contributed by atoms with van der Waals surface area (Å²) in [6, 6.07) is 0. The molecule has 1 aliphatic rings. The number of rotatable bonds is 3. The van der Waals surface area contributed by atoms with Gasteiger partial charge in [0.15, 0.2) is 0 Å². The highest BCUT2D eigenvalue weighted by atomic mass is 32.1. The van der Waals surface area contributed by atoms with Crippen molar-refractivity contribution >= 4 is 24.0 Å². The maximum absolute atomic E-state index is 4.62. The summed E-state index contributed by atoms with van der Waals surface area (Å²) < 4.78 is 0. The first-order valence-electron chi connectivity index (χ1n) is 5.97. The summed E-state index contributed by atoms with van der Waals surface area (Å²) in [6.45, 7) is 7.94. The predicted molar refractivity (Wildman–Crippen MR) is 73.2 cm³/mol. The summed E-state index contributed by atoms with van der Waals surface area (Å²) in [5.41, 5.74) is 1.17. The summed E-state index contributed by atoms with van der Waals surface area (Å²) in [5, 5.41) is 1.26. The Bertz CT molecular complexity index is 341. The third-order valence-electron chi connectivity index (χ3n) is 3.32. The van der Waals surface area contributed by atoms with E-state index in [1.807, 2.05) is 11.3 Å². The molecule has 4 heteroatoms. The third-order valence-corrected chi connectivity index (χ3v) is 4.99. The molecule has 1 aliphatic heterocycles. The average Bonchev–Trinajstić information content (AvgIpc) is 2.62. The maximum atomic E-state index is 4.62. The highest BCUT2D eigenvalue weighted by molar-refractivity contribution is 7.79. The molecule has 1 aromatic rings. The van der Waals surface area contributed by atoms with Crippen molar-refractivity contribution in [3.63, 3.8) is 0 Å². The minimum absolute atomic E-state index is 0.820. The number of thiazole rings is 1. The van der Waals surface area contributed by atoms with Gasteiger partial charge in [-0.1, -0.05) is 6.92 Å². The molecular formula is C12H20N2S2. The Balaban J connectivity index is 1.93. The minimum Gasteiger partial charge on any atom is -0.297 e. The van der Waals surface area contributed by atoms with Gasteiger partial charge in [-0.25, -0.2) is 4.98 Å². The van der Waals surface area contributed by atoms with Gasteiger partial charge < -0.3 is 0 Å². The monoisotopic (exact) mass is 256 g/mol. The number of hydrogen-bond donors (Lipinski definition) is 1. The van der Waals surface area contributed by atoms with Crippen molar-refractivity contribution < 1.29 is 0 Å². The number of aromatic nitrogens is 1. The van der Waals surface area contributed by atoms with Crippen molar-refractivity contribution in [1.82, 2.24) is 9.88 Å². The molecule has 0 bridgehead atoms. The fourth-order valence-electron chi connectivity index (χ4n) is 2.11. The van der Waals surface area contributed by atoms with E-state index in [1.165, 1.54) is 41.5 Å². The molecule has 0 aromatic carbocycles. The van der Waals surface area contributed by atoms with E-state index in [0.29, 0.717) is 0 Å². The van der Waals surface area contributed by atoms with E-state index < -0.39 is 0 Å². The lowest BCUT2D eigenvalue weighted by Gasteiger charge is -2.29. The van der Waals surface area contributed by atoms with Gasteiger partial charge in [0.25, 0.3) is 0 Å². The Morgan fingerprint density at radius 3 is 2.69 bits per heavy atom. The zero-order valence-electron chi connectivity index (χ0n) is 10.1. The first-order valence-corrected chi connectivity index (χ1v) is 7.42. The molecule has 2 nitrogen and oxygen atoms in total. The predicted octanol–water partition coefficient (Wildman–Crippen LogP) is 3.11. The fraction of sp³-hybridized carbons (Fsp3) is 0.750. The summed E-state index contributed by atoms with van der Waals surface area (Å²) in [6.07, 6.45) is 2.67. The molecule has 2 heterocycles. The first kappa shape index (κ1) is 12.4. The maximum Gasteiger partial charge on any atom is 0.107 e. The zero-order valence-corrected chi connectivity index (χ0v) is 11.8. The molecule has 2 rings (SSSR count). The van der Waals surface area contributed by atoms with E-state index in [-0.39, 0.29) is 0 Å². The van der Waals surface area contributed by atoms with E-state index in [2.05, 4.69) is 36.4 Å². The van der Waals surface area contributed by atoms with Crippen molar-refractivity contribution in [3.05, 3.63) is 15.6 Å². The van der Waals surface area contributed by atoms with Crippen molar-refractivity contribution in [2.75, 3.05) is 13.1 Å². The number of hydrogen-bond acceptors (Lipinski definition) is 4.